The highest BCUT2D eigenvalue weighted by Gasteiger charge is 2.36. The highest BCUT2D eigenvalue weighted by molar-refractivity contribution is 7.85. The lowest BCUT2D eigenvalue weighted by Crippen LogP contribution is -2.24. The molecule has 0 saturated heterocycles. The molecular weight excluding hydrogens is 531 g/mol. The second kappa shape index (κ2) is 9.18. The molecule has 2 nitrogen and oxygen atoms in total. The Labute approximate surface area is 245 Å². The van der Waals surface area contributed by atoms with Crippen LogP contribution in [0.5, 0.6) is 0 Å². The Morgan fingerprint density at radius 3 is 1.81 bits per heavy atom. The first kappa shape index (κ1) is 25.1. The Bertz CT molecular complexity index is 2130. The van der Waals surface area contributed by atoms with Crippen molar-refractivity contribution in [2.75, 3.05) is 0 Å². The van der Waals surface area contributed by atoms with Crippen LogP contribution in [0.1, 0.15) is 25.0 Å². The first-order valence-electron chi connectivity index (χ1n) is 14.4. The summed E-state index contributed by atoms with van der Waals surface area (Å²) in [5, 5.41) is 4.72. The van der Waals surface area contributed by atoms with Gasteiger partial charge in [0, 0.05) is 37.7 Å². The van der Waals surface area contributed by atoms with Gasteiger partial charge in [0.1, 0.15) is 11.2 Å². The second-order valence-corrected chi connectivity index (χ2v) is 14.4. The molecule has 1 aliphatic rings. The number of benzene rings is 6. The molecule has 1 aliphatic carbocycles. The van der Waals surface area contributed by atoms with Gasteiger partial charge in [-0.3, -0.25) is 0 Å². The highest BCUT2D eigenvalue weighted by atomic mass is 31.2. The van der Waals surface area contributed by atoms with Gasteiger partial charge in [-0.2, -0.15) is 0 Å². The van der Waals surface area contributed by atoms with Crippen molar-refractivity contribution in [1.29, 1.82) is 0 Å². The molecule has 0 radical (unpaired) electrons. The van der Waals surface area contributed by atoms with E-state index in [2.05, 4.69) is 80.6 Å². The molecule has 0 saturated carbocycles. The summed E-state index contributed by atoms with van der Waals surface area (Å²) in [4.78, 5) is 0. The van der Waals surface area contributed by atoms with Gasteiger partial charge in [-0.15, -0.1) is 0 Å². The van der Waals surface area contributed by atoms with Crippen LogP contribution < -0.4 is 15.9 Å². The molecule has 3 heteroatoms. The molecule has 0 bridgehead atoms. The standard InChI is InChI=1S/C39H29O2P/c1-39(2)35-19-10-9-16-31(35)33-24-34-32-18-11-17-30(38(32)41-37(34)25-36(33)39)26-20-22-29(23-21-26)42(40,27-12-5-3-6-13-27)28-14-7-4-8-15-28/h3-25H,1-2H3. The van der Waals surface area contributed by atoms with E-state index in [4.69, 9.17) is 4.42 Å². The molecule has 7 aromatic rings. The largest absolute Gasteiger partial charge is 0.455 e. The number of hydrogen-bond donors (Lipinski definition) is 0. The van der Waals surface area contributed by atoms with Gasteiger partial charge in [-0.25, -0.2) is 0 Å². The molecule has 0 unspecified atom stereocenters. The van der Waals surface area contributed by atoms with Crippen LogP contribution in [-0.2, 0) is 9.98 Å². The summed E-state index contributed by atoms with van der Waals surface area (Å²) in [6, 6.07) is 47.4. The third-order valence-corrected chi connectivity index (χ3v) is 12.1. The molecule has 1 heterocycles. The summed E-state index contributed by atoms with van der Waals surface area (Å²) >= 11 is 0. The van der Waals surface area contributed by atoms with Gasteiger partial charge in [-0.1, -0.05) is 141 Å². The molecule has 0 atom stereocenters. The molecule has 42 heavy (non-hydrogen) atoms. The predicted molar refractivity (Wildman–Crippen MR) is 176 cm³/mol. The van der Waals surface area contributed by atoms with E-state index < -0.39 is 7.14 Å². The summed E-state index contributed by atoms with van der Waals surface area (Å²) < 4.78 is 21.5. The van der Waals surface area contributed by atoms with Crippen molar-refractivity contribution in [2.24, 2.45) is 0 Å². The topological polar surface area (TPSA) is 30.2 Å². The fraction of sp³-hybridized carbons (Fsp3) is 0.0769. The van der Waals surface area contributed by atoms with Gasteiger partial charge in [0.15, 0.2) is 7.14 Å². The van der Waals surface area contributed by atoms with E-state index >= 15 is 0 Å². The summed E-state index contributed by atoms with van der Waals surface area (Å²) in [6.45, 7) is 4.59. The zero-order valence-corrected chi connectivity index (χ0v) is 24.4. The molecule has 0 fully saturated rings. The van der Waals surface area contributed by atoms with E-state index in [-0.39, 0.29) is 5.41 Å². The normalized spacial score (nSPS) is 13.8. The Morgan fingerprint density at radius 1 is 0.524 bits per heavy atom. The number of fused-ring (bicyclic) bond motifs is 6. The Kier molecular flexibility index (Phi) is 5.48. The lowest BCUT2D eigenvalue weighted by atomic mass is 9.82. The van der Waals surface area contributed by atoms with Crippen molar-refractivity contribution in [1.82, 2.24) is 0 Å². The molecule has 0 amide bonds. The fourth-order valence-electron chi connectivity index (χ4n) is 6.79. The summed E-state index contributed by atoms with van der Waals surface area (Å²) in [5.41, 5.74) is 9.04. The van der Waals surface area contributed by atoms with Crippen LogP contribution in [0.2, 0.25) is 0 Å². The molecular formula is C39H29O2P. The van der Waals surface area contributed by atoms with Crippen LogP contribution in [0.3, 0.4) is 0 Å². The minimum Gasteiger partial charge on any atom is -0.455 e. The maximum atomic E-state index is 14.8. The molecule has 202 valence electrons. The van der Waals surface area contributed by atoms with Crippen LogP contribution in [0, 0.1) is 0 Å². The number of rotatable bonds is 4. The van der Waals surface area contributed by atoms with Crippen molar-refractivity contribution >= 4 is 45.0 Å². The highest BCUT2D eigenvalue weighted by Crippen LogP contribution is 2.51. The van der Waals surface area contributed by atoms with Crippen molar-refractivity contribution in [3.63, 3.8) is 0 Å². The quantitative estimate of drug-likeness (QED) is 0.201. The third kappa shape index (κ3) is 3.55. The Morgan fingerprint density at radius 2 is 1.12 bits per heavy atom. The second-order valence-electron chi connectivity index (χ2n) is 11.7. The van der Waals surface area contributed by atoms with Gasteiger partial charge in [0.25, 0.3) is 0 Å². The molecule has 0 aliphatic heterocycles. The van der Waals surface area contributed by atoms with Gasteiger partial charge >= 0.3 is 0 Å². The van der Waals surface area contributed by atoms with Gasteiger partial charge in [0.05, 0.1) is 0 Å². The third-order valence-electron chi connectivity index (χ3n) is 8.98. The van der Waals surface area contributed by atoms with E-state index in [1.165, 1.54) is 22.3 Å². The first-order chi connectivity index (χ1) is 20.5. The minimum atomic E-state index is -3.03. The molecule has 1 aromatic heterocycles. The van der Waals surface area contributed by atoms with Gasteiger partial charge < -0.3 is 8.98 Å². The Hall–Kier alpha value is -4.65. The van der Waals surface area contributed by atoms with E-state index in [0.29, 0.717) is 0 Å². The number of furan rings is 1. The van der Waals surface area contributed by atoms with Crippen molar-refractivity contribution in [2.45, 2.75) is 19.3 Å². The lowest BCUT2D eigenvalue weighted by Gasteiger charge is -2.21. The monoisotopic (exact) mass is 560 g/mol. The van der Waals surface area contributed by atoms with E-state index in [0.717, 1.165) is 49.0 Å². The number of hydrogen-bond acceptors (Lipinski definition) is 2. The van der Waals surface area contributed by atoms with E-state index in [1.54, 1.807) is 0 Å². The van der Waals surface area contributed by atoms with Crippen LogP contribution in [0.4, 0.5) is 0 Å². The maximum Gasteiger partial charge on any atom is 0.171 e. The summed E-state index contributed by atoms with van der Waals surface area (Å²) in [6.07, 6.45) is 0. The maximum absolute atomic E-state index is 14.8. The predicted octanol–water partition coefficient (Wildman–Crippen LogP) is 9.20. The summed E-state index contributed by atoms with van der Waals surface area (Å²) in [7, 11) is -3.03. The molecule has 0 N–H and O–H groups in total. The van der Waals surface area contributed by atoms with Gasteiger partial charge in [0.2, 0.25) is 0 Å². The van der Waals surface area contributed by atoms with Gasteiger partial charge in [-0.05, 0) is 39.9 Å². The fourth-order valence-corrected chi connectivity index (χ4v) is 9.44. The smallest absolute Gasteiger partial charge is 0.171 e. The zero-order valence-electron chi connectivity index (χ0n) is 23.5. The van der Waals surface area contributed by atoms with Crippen LogP contribution in [0.15, 0.2) is 144 Å². The SMILES string of the molecule is CC1(C)c2ccccc2-c2cc3c(cc21)oc1c(-c2ccc(P(=O)(c4ccccc4)c4ccccc4)cc2)cccc13. The van der Waals surface area contributed by atoms with Crippen molar-refractivity contribution in [3.8, 4) is 22.3 Å². The van der Waals surface area contributed by atoms with E-state index in [1.807, 2.05) is 72.8 Å². The van der Waals surface area contributed by atoms with Crippen LogP contribution in [0.25, 0.3) is 44.2 Å². The average Bonchev–Trinajstić information content (AvgIpc) is 3.52. The Balaban J connectivity index is 1.27. The summed E-state index contributed by atoms with van der Waals surface area (Å²) in [5.74, 6) is 0. The molecule has 6 aromatic carbocycles. The molecule has 0 spiro atoms. The van der Waals surface area contributed by atoms with Crippen molar-refractivity contribution < 1.29 is 8.98 Å². The molecule has 8 rings (SSSR count). The van der Waals surface area contributed by atoms with Crippen LogP contribution >= 0.6 is 7.14 Å². The van der Waals surface area contributed by atoms with Crippen molar-refractivity contribution in [3.05, 3.63) is 151 Å². The van der Waals surface area contributed by atoms with Crippen LogP contribution in [-0.4, -0.2) is 0 Å². The lowest BCUT2D eigenvalue weighted by molar-refractivity contribution is 0.592. The first-order valence-corrected chi connectivity index (χ1v) is 16.1. The average molecular weight is 561 g/mol. The number of para-hydroxylation sites is 1. The van der Waals surface area contributed by atoms with E-state index in [9.17, 15) is 4.57 Å². The zero-order chi connectivity index (χ0) is 28.5. The minimum absolute atomic E-state index is 0.0802.